The quantitative estimate of drug-likeness (QED) is 0.453. The van der Waals surface area contributed by atoms with Crippen molar-refractivity contribution >= 4 is 45.2 Å². The minimum atomic E-state index is -0.538. The molecule has 0 fully saturated rings. The lowest BCUT2D eigenvalue weighted by Crippen LogP contribution is -2.28. The Kier molecular flexibility index (Phi) is 6.02. The van der Waals surface area contributed by atoms with Gasteiger partial charge < -0.3 is 10.6 Å². The zero-order valence-corrected chi connectivity index (χ0v) is 14.7. The summed E-state index contributed by atoms with van der Waals surface area (Å²) in [6.07, 6.45) is 1.38. The number of nitro groups is 1. The van der Waals surface area contributed by atoms with Crippen molar-refractivity contribution in [2.75, 3.05) is 5.32 Å². The van der Waals surface area contributed by atoms with Gasteiger partial charge in [-0.2, -0.15) is 0 Å². The van der Waals surface area contributed by atoms with Gasteiger partial charge in [0.05, 0.1) is 4.92 Å². The molecule has 25 heavy (non-hydrogen) atoms. The van der Waals surface area contributed by atoms with E-state index in [1.165, 1.54) is 31.2 Å². The number of anilines is 1. The van der Waals surface area contributed by atoms with E-state index in [-0.39, 0.29) is 11.4 Å². The first-order valence-electron chi connectivity index (χ1n) is 7.16. The molecule has 0 aliphatic heterocycles. The summed E-state index contributed by atoms with van der Waals surface area (Å²) in [7, 11) is 0. The lowest BCUT2D eigenvalue weighted by molar-refractivity contribution is -0.384. The Bertz CT molecular complexity index is 847. The number of carbonyl (C=O) groups excluding carboxylic acids is 2. The lowest BCUT2D eigenvalue weighted by Gasteiger charge is -2.10. The number of nitro benzene ring substituents is 1. The van der Waals surface area contributed by atoms with Gasteiger partial charge in [0.25, 0.3) is 11.6 Å². The SMILES string of the molecule is CC(=O)N/C(=C\c1cccc([N+](=O)[O-])c1)C(=O)Nc1ccc(Br)cc1. The van der Waals surface area contributed by atoms with Crippen molar-refractivity contribution in [1.82, 2.24) is 5.32 Å². The van der Waals surface area contributed by atoms with Crippen molar-refractivity contribution in [2.24, 2.45) is 0 Å². The third-order valence-electron chi connectivity index (χ3n) is 3.05. The Morgan fingerprint density at radius 3 is 2.44 bits per heavy atom. The van der Waals surface area contributed by atoms with Gasteiger partial charge in [0.15, 0.2) is 0 Å². The van der Waals surface area contributed by atoms with E-state index in [0.29, 0.717) is 11.3 Å². The fourth-order valence-corrected chi connectivity index (χ4v) is 2.24. The Morgan fingerprint density at radius 1 is 1.16 bits per heavy atom. The minimum Gasteiger partial charge on any atom is -0.322 e. The third-order valence-corrected chi connectivity index (χ3v) is 3.58. The van der Waals surface area contributed by atoms with Crippen LogP contribution in [0.5, 0.6) is 0 Å². The van der Waals surface area contributed by atoms with Crippen LogP contribution in [0.1, 0.15) is 12.5 Å². The highest BCUT2D eigenvalue weighted by Gasteiger charge is 2.13. The highest BCUT2D eigenvalue weighted by molar-refractivity contribution is 9.10. The van der Waals surface area contributed by atoms with Crippen LogP contribution in [0.2, 0.25) is 0 Å². The molecule has 0 saturated heterocycles. The Balaban J connectivity index is 2.29. The molecule has 2 aromatic rings. The summed E-state index contributed by atoms with van der Waals surface area (Å²) >= 11 is 3.30. The molecule has 2 aromatic carbocycles. The fraction of sp³-hybridized carbons (Fsp3) is 0.0588. The fourth-order valence-electron chi connectivity index (χ4n) is 1.97. The number of halogens is 1. The van der Waals surface area contributed by atoms with Crippen LogP contribution in [0.15, 0.2) is 58.7 Å². The molecule has 8 heteroatoms. The topological polar surface area (TPSA) is 101 Å². The summed E-state index contributed by atoms with van der Waals surface area (Å²) < 4.78 is 0.861. The second kappa shape index (κ2) is 8.20. The van der Waals surface area contributed by atoms with Gasteiger partial charge in [-0.15, -0.1) is 0 Å². The van der Waals surface area contributed by atoms with E-state index in [2.05, 4.69) is 26.6 Å². The lowest BCUT2D eigenvalue weighted by atomic mass is 10.1. The number of non-ortho nitro benzene ring substituents is 1. The summed E-state index contributed by atoms with van der Waals surface area (Å²) in [5.74, 6) is -0.966. The van der Waals surface area contributed by atoms with E-state index >= 15 is 0 Å². The Labute approximate surface area is 152 Å². The van der Waals surface area contributed by atoms with Crippen LogP contribution in [0.4, 0.5) is 11.4 Å². The van der Waals surface area contributed by atoms with Gasteiger partial charge in [0.1, 0.15) is 5.70 Å². The number of rotatable bonds is 5. The van der Waals surface area contributed by atoms with E-state index in [1.807, 2.05) is 0 Å². The highest BCUT2D eigenvalue weighted by Crippen LogP contribution is 2.17. The summed E-state index contributed by atoms with van der Waals surface area (Å²) in [6, 6.07) is 12.7. The first kappa shape index (κ1) is 18.3. The molecule has 0 bridgehead atoms. The molecule has 0 unspecified atom stereocenters. The summed E-state index contributed by atoms with van der Waals surface area (Å²) in [4.78, 5) is 34.1. The maximum Gasteiger partial charge on any atom is 0.272 e. The molecule has 2 amide bonds. The van der Waals surface area contributed by atoms with Crippen molar-refractivity contribution in [3.05, 3.63) is 74.4 Å². The van der Waals surface area contributed by atoms with Crippen molar-refractivity contribution in [3.63, 3.8) is 0 Å². The highest BCUT2D eigenvalue weighted by atomic mass is 79.9. The molecule has 0 aromatic heterocycles. The molecular weight excluding hydrogens is 390 g/mol. The number of nitrogens with zero attached hydrogens (tertiary/aromatic N) is 1. The summed E-state index contributed by atoms with van der Waals surface area (Å²) in [6.45, 7) is 1.27. The van der Waals surface area contributed by atoms with Gasteiger partial charge in [-0.1, -0.05) is 28.1 Å². The maximum atomic E-state index is 12.4. The molecule has 0 aliphatic carbocycles. The van der Waals surface area contributed by atoms with Crippen molar-refractivity contribution < 1.29 is 14.5 Å². The number of amides is 2. The zero-order valence-electron chi connectivity index (χ0n) is 13.2. The molecule has 0 saturated carbocycles. The van der Waals surface area contributed by atoms with Crippen LogP contribution in [-0.2, 0) is 9.59 Å². The van der Waals surface area contributed by atoms with Crippen LogP contribution in [0.3, 0.4) is 0 Å². The molecular formula is C17H14BrN3O4. The second-order valence-electron chi connectivity index (χ2n) is 5.05. The molecule has 2 N–H and O–H groups in total. The van der Waals surface area contributed by atoms with Gasteiger partial charge >= 0.3 is 0 Å². The monoisotopic (exact) mass is 403 g/mol. The van der Waals surface area contributed by atoms with Gasteiger partial charge in [-0.3, -0.25) is 19.7 Å². The predicted octanol–water partition coefficient (Wildman–Crippen LogP) is 3.47. The van der Waals surface area contributed by atoms with E-state index in [9.17, 15) is 19.7 Å². The van der Waals surface area contributed by atoms with Crippen molar-refractivity contribution in [3.8, 4) is 0 Å². The molecule has 128 valence electrons. The molecule has 2 rings (SSSR count). The molecule has 0 radical (unpaired) electrons. The molecule has 7 nitrogen and oxygen atoms in total. The molecule has 0 aliphatic rings. The summed E-state index contributed by atoms with van der Waals surface area (Å²) in [5, 5.41) is 15.9. The average molecular weight is 404 g/mol. The third kappa shape index (κ3) is 5.54. The van der Waals surface area contributed by atoms with Gasteiger partial charge in [-0.05, 0) is 35.9 Å². The largest absolute Gasteiger partial charge is 0.322 e. The van der Waals surface area contributed by atoms with Crippen molar-refractivity contribution in [2.45, 2.75) is 6.92 Å². The number of carbonyl (C=O) groups is 2. The normalized spacial score (nSPS) is 10.9. The number of hydrogen-bond donors (Lipinski definition) is 2. The average Bonchev–Trinajstić information content (AvgIpc) is 2.56. The van der Waals surface area contributed by atoms with Crippen LogP contribution in [0, 0.1) is 10.1 Å². The minimum absolute atomic E-state index is 0.0177. The second-order valence-corrected chi connectivity index (χ2v) is 5.97. The standard InChI is InChI=1S/C17H14BrN3O4/c1-11(22)19-16(10-12-3-2-4-15(9-12)21(24)25)17(23)20-14-7-5-13(18)6-8-14/h2-10H,1H3,(H,19,22)(H,20,23)/b16-10-. The number of hydrogen-bond acceptors (Lipinski definition) is 4. The number of benzene rings is 2. The first-order chi connectivity index (χ1) is 11.8. The van der Waals surface area contributed by atoms with Crippen LogP contribution in [0.25, 0.3) is 6.08 Å². The number of nitrogens with one attached hydrogen (secondary N) is 2. The zero-order chi connectivity index (χ0) is 18.4. The maximum absolute atomic E-state index is 12.4. The Hall–Kier alpha value is -3.00. The smallest absolute Gasteiger partial charge is 0.272 e. The van der Waals surface area contributed by atoms with E-state index in [0.717, 1.165) is 4.47 Å². The Morgan fingerprint density at radius 2 is 1.84 bits per heavy atom. The van der Waals surface area contributed by atoms with Crippen molar-refractivity contribution in [1.29, 1.82) is 0 Å². The molecule has 0 atom stereocenters. The van der Waals surface area contributed by atoms with Gasteiger partial charge in [-0.25, -0.2) is 0 Å². The molecule has 0 heterocycles. The van der Waals surface area contributed by atoms with E-state index in [4.69, 9.17) is 0 Å². The first-order valence-corrected chi connectivity index (χ1v) is 7.95. The van der Waals surface area contributed by atoms with Crippen LogP contribution < -0.4 is 10.6 Å². The van der Waals surface area contributed by atoms with Gasteiger partial charge in [0, 0.05) is 29.2 Å². The molecule has 0 spiro atoms. The van der Waals surface area contributed by atoms with Gasteiger partial charge in [0.2, 0.25) is 5.91 Å². The summed E-state index contributed by atoms with van der Waals surface area (Å²) in [5.41, 5.74) is 0.840. The van der Waals surface area contributed by atoms with E-state index < -0.39 is 16.7 Å². The van der Waals surface area contributed by atoms with Crippen LogP contribution in [-0.4, -0.2) is 16.7 Å². The predicted molar refractivity (Wildman–Crippen MR) is 97.7 cm³/mol. The van der Waals surface area contributed by atoms with E-state index in [1.54, 1.807) is 30.3 Å². The van der Waals surface area contributed by atoms with Crippen LogP contribution >= 0.6 is 15.9 Å².